The van der Waals surface area contributed by atoms with E-state index in [4.69, 9.17) is 9.15 Å². The second-order valence-electron chi connectivity index (χ2n) is 5.94. The molecule has 1 N–H and O–H groups in total. The summed E-state index contributed by atoms with van der Waals surface area (Å²) in [5.41, 5.74) is 1.99. The first-order valence-electron chi connectivity index (χ1n) is 8.01. The van der Waals surface area contributed by atoms with Gasteiger partial charge in [0.05, 0.1) is 13.0 Å². The van der Waals surface area contributed by atoms with Crippen LogP contribution in [0.1, 0.15) is 23.3 Å². The third-order valence-corrected chi connectivity index (χ3v) is 4.01. The Morgan fingerprint density at radius 1 is 1.28 bits per heavy atom. The highest BCUT2D eigenvalue weighted by molar-refractivity contribution is 5.60. The van der Waals surface area contributed by atoms with Crippen molar-refractivity contribution in [3.8, 4) is 17.1 Å². The van der Waals surface area contributed by atoms with E-state index < -0.39 is 0 Å². The predicted octanol–water partition coefficient (Wildman–Crippen LogP) is 1.96. The number of ether oxygens (including phenoxy) is 1. The van der Waals surface area contributed by atoms with Crippen molar-refractivity contribution in [1.82, 2.24) is 30.3 Å². The average Bonchev–Trinajstić information content (AvgIpc) is 3.20. The Bertz CT molecular complexity index is 910. The van der Waals surface area contributed by atoms with Gasteiger partial charge in [0.1, 0.15) is 12.1 Å². The molecule has 3 heterocycles. The van der Waals surface area contributed by atoms with Crippen molar-refractivity contribution in [3.05, 3.63) is 41.9 Å². The molecule has 0 radical (unpaired) electrons. The van der Waals surface area contributed by atoms with Crippen LogP contribution in [0.2, 0.25) is 0 Å². The van der Waals surface area contributed by atoms with E-state index >= 15 is 0 Å². The molecule has 0 bridgehead atoms. The van der Waals surface area contributed by atoms with Crippen molar-refractivity contribution in [3.63, 3.8) is 0 Å². The predicted molar refractivity (Wildman–Crippen MR) is 91.9 cm³/mol. The van der Waals surface area contributed by atoms with Crippen LogP contribution in [0, 0.1) is 6.92 Å². The van der Waals surface area contributed by atoms with E-state index in [0.29, 0.717) is 23.5 Å². The van der Waals surface area contributed by atoms with Gasteiger partial charge in [-0.3, -0.25) is 0 Å². The third kappa shape index (κ3) is 3.29. The van der Waals surface area contributed by atoms with Gasteiger partial charge in [-0.1, -0.05) is 0 Å². The summed E-state index contributed by atoms with van der Waals surface area (Å²) in [6.45, 7) is 3.78. The second-order valence-corrected chi connectivity index (χ2v) is 5.94. The first-order chi connectivity index (χ1) is 12.2. The van der Waals surface area contributed by atoms with Crippen LogP contribution in [-0.2, 0) is 0 Å². The summed E-state index contributed by atoms with van der Waals surface area (Å²) in [7, 11) is 1.64. The highest BCUT2D eigenvalue weighted by Crippen LogP contribution is 2.23. The molecule has 1 aliphatic rings. The molecule has 0 unspecified atom stereocenters. The molecular formula is C17H18N6O2. The third-order valence-electron chi connectivity index (χ3n) is 4.01. The molecule has 8 heteroatoms. The molecule has 0 amide bonds. The van der Waals surface area contributed by atoms with Crippen molar-refractivity contribution in [2.75, 3.05) is 20.2 Å². The van der Waals surface area contributed by atoms with E-state index in [2.05, 4.69) is 25.6 Å². The lowest BCUT2D eigenvalue weighted by Crippen LogP contribution is -2.40. The molecule has 0 saturated carbocycles. The number of hydrogen-bond acceptors (Lipinski definition) is 7. The first kappa shape index (κ1) is 15.5. The van der Waals surface area contributed by atoms with Gasteiger partial charge in [-0.15, -0.1) is 15.3 Å². The molecule has 128 valence electrons. The largest absolute Gasteiger partial charge is 0.497 e. The Morgan fingerprint density at radius 3 is 2.92 bits per heavy atom. The topological polar surface area (TPSA) is 90.9 Å². The maximum absolute atomic E-state index is 5.62. The van der Waals surface area contributed by atoms with Crippen LogP contribution >= 0.6 is 0 Å². The van der Waals surface area contributed by atoms with Crippen molar-refractivity contribution in [2.24, 2.45) is 0 Å². The summed E-state index contributed by atoms with van der Waals surface area (Å²) in [4.78, 5) is 4.34. The minimum Gasteiger partial charge on any atom is -0.497 e. The minimum atomic E-state index is 0.323. The quantitative estimate of drug-likeness (QED) is 0.760. The van der Waals surface area contributed by atoms with Gasteiger partial charge in [0, 0.05) is 30.9 Å². The van der Waals surface area contributed by atoms with Gasteiger partial charge in [-0.25, -0.2) is 9.67 Å². The molecule has 8 nitrogen and oxygen atoms in total. The van der Waals surface area contributed by atoms with E-state index in [0.717, 1.165) is 30.0 Å². The number of aromatic nitrogens is 5. The molecule has 1 aliphatic heterocycles. The summed E-state index contributed by atoms with van der Waals surface area (Å²) in [6.07, 6.45) is 5.09. The highest BCUT2D eigenvalue weighted by atomic mass is 16.5. The van der Waals surface area contributed by atoms with Crippen LogP contribution < -0.4 is 10.1 Å². The van der Waals surface area contributed by atoms with Gasteiger partial charge in [-0.05, 0) is 30.7 Å². The SMILES string of the molecule is COc1cc(C)cc(-c2ncn(/C=C\c3nnc(C4CNC4)o3)n2)c1. The molecule has 0 spiro atoms. The molecule has 3 aromatic rings. The Morgan fingerprint density at radius 2 is 2.16 bits per heavy atom. The molecule has 1 fully saturated rings. The van der Waals surface area contributed by atoms with Crippen LogP contribution in [0.25, 0.3) is 23.7 Å². The van der Waals surface area contributed by atoms with E-state index in [1.807, 2.05) is 25.1 Å². The lowest BCUT2D eigenvalue weighted by Gasteiger charge is -2.22. The summed E-state index contributed by atoms with van der Waals surface area (Å²) < 4.78 is 12.5. The number of nitrogens with one attached hydrogen (secondary N) is 1. The van der Waals surface area contributed by atoms with E-state index in [9.17, 15) is 0 Å². The van der Waals surface area contributed by atoms with Crippen molar-refractivity contribution >= 4 is 12.3 Å². The van der Waals surface area contributed by atoms with Crippen molar-refractivity contribution in [1.29, 1.82) is 0 Å². The number of hydrogen-bond donors (Lipinski definition) is 1. The van der Waals surface area contributed by atoms with E-state index in [-0.39, 0.29) is 0 Å². The second kappa shape index (κ2) is 6.48. The molecule has 0 atom stereocenters. The lowest BCUT2D eigenvalue weighted by molar-refractivity contribution is 0.355. The van der Waals surface area contributed by atoms with Crippen molar-refractivity contribution in [2.45, 2.75) is 12.8 Å². The van der Waals surface area contributed by atoms with Gasteiger partial charge in [0.25, 0.3) is 0 Å². The standard InChI is InChI=1S/C17H18N6O2/c1-11-5-12(7-14(6-11)24-2)16-19-10-23(22-16)4-3-15-20-21-17(25-15)13-8-18-9-13/h3-7,10,13,18H,8-9H2,1-2H3/b4-3-. The zero-order valence-corrected chi connectivity index (χ0v) is 14.0. The summed E-state index contributed by atoms with van der Waals surface area (Å²) in [6, 6.07) is 5.89. The van der Waals surface area contributed by atoms with Crippen LogP contribution in [0.15, 0.2) is 28.9 Å². The Hall–Kier alpha value is -3.00. The Balaban J connectivity index is 1.51. The zero-order chi connectivity index (χ0) is 17.2. The fourth-order valence-electron chi connectivity index (χ4n) is 2.56. The van der Waals surface area contributed by atoms with Crippen LogP contribution in [0.3, 0.4) is 0 Å². The van der Waals surface area contributed by atoms with Crippen LogP contribution in [-0.4, -0.2) is 45.2 Å². The van der Waals surface area contributed by atoms with Gasteiger partial charge < -0.3 is 14.5 Å². The number of methoxy groups -OCH3 is 1. The summed E-state index contributed by atoms with van der Waals surface area (Å²) in [5, 5.41) is 15.7. The Kier molecular flexibility index (Phi) is 4.02. The van der Waals surface area contributed by atoms with Crippen LogP contribution in [0.4, 0.5) is 0 Å². The molecule has 4 rings (SSSR count). The fourth-order valence-corrected chi connectivity index (χ4v) is 2.56. The molecular weight excluding hydrogens is 320 g/mol. The molecule has 25 heavy (non-hydrogen) atoms. The maximum Gasteiger partial charge on any atom is 0.242 e. The zero-order valence-electron chi connectivity index (χ0n) is 14.0. The molecule has 2 aromatic heterocycles. The summed E-state index contributed by atoms with van der Waals surface area (Å²) >= 11 is 0. The maximum atomic E-state index is 5.62. The number of benzene rings is 1. The normalized spacial score (nSPS) is 14.8. The van der Waals surface area contributed by atoms with Gasteiger partial charge in [-0.2, -0.15) is 0 Å². The monoisotopic (exact) mass is 338 g/mol. The molecule has 0 aliphatic carbocycles. The van der Waals surface area contributed by atoms with Crippen LogP contribution in [0.5, 0.6) is 5.75 Å². The smallest absolute Gasteiger partial charge is 0.242 e. The van der Waals surface area contributed by atoms with Gasteiger partial charge in [0.2, 0.25) is 11.8 Å². The number of aryl methyl sites for hydroxylation is 1. The fraction of sp³-hybridized carbons (Fsp3) is 0.294. The molecule has 1 aromatic carbocycles. The number of rotatable bonds is 5. The lowest BCUT2D eigenvalue weighted by atomic mass is 10.0. The van der Waals surface area contributed by atoms with Gasteiger partial charge >= 0.3 is 0 Å². The van der Waals surface area contributed by atoms with Gasteiger partial charge in [0.15, 0.2) is 5.82 Å². The average molecular weight is 338 g/mol. The van der Waals surface area contributed by atoms with E-state index in [1.54, 1.807) is 30.4 Å². The minimum absolute atomic E-state index is 0.323. The highest BCUT2D eigenvalue weighted by Gasteiger charge is 2.24. The molecule has 1 saturated heterocycles. The van der Waals surface area contributed by atoms with E-state index in [1.165, 1.54) is 0 Å². The number of nitrogens with zero attached hydrogens (tertiary/aromatic N) is 5. The van der Waals surface area contributed by atoms with Crippen molar-refractivity contribution < 1.29 is 9.15 Å². The Labute approximate surface area is 144 Å². The summed E-state index contributed by atoms with van der Waals surface area (Å²) in [5.74, 6) is 2.86. The first-order valence-corrected chi connectivity index (χ1v) is 8.01.